The van der Waals surface area contributed by atoms with Gasteiger partial charge in [-0.3, -0.25) is 0 Å². The van der Waals surface area contributed by atoms with Gasteiger partial charge in [-0.05, 0) is 7.85 Å². The normalized spacial score (nSPS) is 10.5. The maximum Gasteiger partial charge on any atom is 0.200 e. The quantitative estimate of drug-likeness (QED) is 0.235. The van der Waals surface area contributed by atoms with Crippen LogP contribution in [0.2, 0.25) is 0 Å². The van der Waals surface area contributed by atoms with Gasteiger partial charge in [-0.2, -0.15) is 0 Å². The molecule has 6 heteroatoms. The molecule has 1 rings (SSSR count). The molecule has 12 heavy (non-hydrogen) atoms. The minimum absolute atomic E-state index is 0.619. The van der Waals surface area contributed by atoms with Crippen LogP contribution in [0, 0.1) is 29.1 Å². The second-order valence-corrected chi connectivity index (χ2v) is 1.69. The number of halogens is 5. The van der Waals surface area contributed by atoms with Crippen LogP contribution in [0.25, 0.3) is 0 Å². The fourth-order valence-corrected chi connectivity index (χ4v) is 0.495. The van der Waals surface area contributed by atoms with Gasteiger partial charge >= 0.3 is 0 Å². The van der Waals surface area contributed by atoms with E-state index in [0.29, 0.717) is 0 Å². The van der Waals surface area contributed by atoms with E-state index in [1.807, 2.05) is 0 Å². The van der Waals surface area contributed by atoms with E-state index in [0.717, 1.165) is 0 Å². The maximum absolute atomic E-state index is 12.5. The Morgan fingerprint density at radius 3 is 1.17 bits per heavy atom. The third-order valence-electron chi connectivity index (χ3n) is 0.990. The predicted octanol–water partition coefficient (Wildman–Crippen LogP) is 0.373. The molecular weight excluding hydrogens is 178 g/mol. The Balaban J connectivity index is 3.60. The molecule has 1 aromatic carbocycles. The van der Waals surface area contributed by atoms with E-state index in [1.165, 1.54) is 0 Å². The smallest absolute Gasteiger partial charge is 0.200 e. The molecule has 0 nitrogen and oxygen atoms in total. The lowest BCUT2D eigenvalue weighted by Crippen LogP contribution is -2.20. The van der Waals surface area contributed by atoms with E-state index in [1.54, 1.807) is 0 Å². The summed E-state index contributed by atoms with van der Waals surface area (Å²) in [6, 6.07) is 0. The first-order chi connectivity index (χ1) is 5.46. The molecule has 0 radical (unpaired) electrons. The number of benzene rings is 1. The Morgan fingerprint density at radius 1 is 0.583 bits per heavy atom. The largest absolute Gasteiger partial charge is 0.207 e. The van der Waals surface area contributed by atoms with Gasteiger partial charge in [-0.15, -0.1) is 5.46 Å². The third-order valence-corrected chi connectivity index (χ3v) is 0.990. The Bertz CT molecular complexity index is 230. The summed E-state index contributed by atoms with van der Waals surface area (Å²) in [6.45, 7) is 0. The molecule has 0 bridgehead atoms. The molecule has 0 saturated heterocycles. The van der Waals surface area contributed by atoms with Crippen LogP contribution in [0.5, 0.6) is 0 Å². The molecule has 0 spiro atoms. The Labute approximate surface area is 65.4 Å². The van der Waals surface area contributed by atoms with Gasteiger partial charge in [0.2, 0.25) is 0 Å². The summed E-state index contributed by atoms with van der Waals surface area (Å²) in [5, 5.41) is 0. The number of hydrogen-bond donors (Lipinski definition) is 0. The molecule has 0 fully saturated rings. The molecule has 0 N–H and O–H groups in total. The van der Waals surface area contributed by atoms with E-state index < -0.39 is 42.4 Å². The summed E-state index contributed by atoms with van der Waals surface area (Å²) in [5.41, 5.74) is -0.619. The first-order valence-corrected chi connectivity index (χ1v) is 2.44. The fraction of sp³-hybridized carbons (Fsp3) is 0. The van der Waals surface area contributed by atoms with Crippen LogP contribution in [0.3, 0.4) is 0 Å². The molecule has 0 aliphatic rings. The highest BCUT2D eigenvalue weighted by Gasteiger charge is 2.19. The van der Waals surface area contributed by atoms with Gasteiger partial charge in [0.15, 0.2) is 17.5 Å². The lowest BCUT2D eigenvalue weighted by atomic mass is 9.94. The van der Waals surface area contributed by atoms with Crippen molar-refractivity contribution >= 4 is 13.3 Å². The van der Waals surface area contributed by atoms with Crippen molar-refractivity contribution in [2.45, 2.75) is 0 Å². The monoisotopic (exact) mass is 181 g/mol. The third kappa shape index (κ3) is 1.07. The van der Waals surface area contributed by atoms with Crippen molar-refractivity contribution in [2.24, 2.45) is 0 Å². The Hall–Kier alpha value is -1.07. The van der Waals surface area contributed by atoms with E-state index in [4.69, 9.17) is 0 Å². The van der Waals surface area contributed by atoms with Gasteiger partial charge in [0.25, 0.3) is 0 Å². The number of rotatable bonds is 0. The van der Waals surface area contributed by atoms with Crippen LogP contribution in [0.15, 0.2) is 0 Å². The topological polar surface area (TPSA) is 0 Å². The standard InChI is InChI=1S/C6H3BF5/c7-1-2(8)4(10)6(12)5(11)3(1)9/h7H3/q-1. The fourth-order valence-electron chi connectivity index (χ4n) is 0.495. The molecule has 0 saturated carbocycles. The minimum Gasteiger partial charge on any atom is -0.207 e. The highest BCUT2D eigenvalue weighted by Crippen LogP contribution is 2.14. The average Bonchev–Trinajstić information content (AvgIpc) is 2.08. The lowest BCUT2D eigenvalue weighted by molar-refractivity contribution is 0.384. The molecule has 1 aromatic rings. The minimum atomic E-state index is -2.09. The Morgan fingerprint density at radius 2 is 0.833 bits per heavy atom. The van der Waals surface area contributed by atoms with Crippen LogP contribution >= 0.6 is 0 Å². The van der Waals surface area contributed by atoms with Gasteiger partial charge in [0.05, 0.1) is 0 Å². The second-order valence-electron chi connectivity index (χ2n) is 1.69. The molecule has 0 heterocycles. The highest BCUT2D eigenvalue weighted by molar-refractivity contribution is 6.32. The van der Waals surface area contributed by atoms with E-state index in [-0.39, 0.29) is 0 Å². The zero-order valence-corrected chi connectivity index (χ0v) is 4.89. The first kappa shape index (κ1) is 9.03. The second kappa shape index (κ2) is 2.77. The molecular formula is C6H3BF5-. The first-order valence-electron chi connectivity index (χ1n) is 2.44. The molecule has 0 aromatic heterocycles. The molecule has 0 amide bonds. The molecule has 0 atom stereocenters. The van der Waals surface area contributed by atoms with Crippen molar-refractivity contribution < 1.29 is 22.0 Å². The van der Waals surface area contributed by atoms with Crippen molar-refractivity contribution in [2.75, 3.05) is 0 Å². The summed E-state index contributed by atoms with van der Waals surface area (Å²) < 4.78 is 61.8. The van der Waals surface area contributed by atoms with Gasteiger partial charge < -0.3 is 0 Å². The summed E-state index contributed by atoms with van der Waals surface area (Å²) >= 11 is 0. The summed E-state index contributed by atoms with van der Waals surface area (Å²) in [7, 11) is -1.05. The average molecular weight is 181 g/mol. The summed E-state index contributed by atoms with van der Waals surface area (Å²) in [6.07, 6.45) is 0. The highest BCUT2D eigenvalue weighted by atomic mass is 19.2. The van der Waals surface area contributed by atoms with E-state index >= 15 is 0 Å². The molecule has 0 unspecified atom stereocenters. The van der Waals surface area contributed by atoms with Crippen molar-refractivity contribution in [1.29, 1.82) is 0 Å². The van der Waals surface area contributed by atoms with Crippen LogP contribution in [-0.2, 0) is 0 Å². The van der Waals surface area contributed by atoms with Gasteiger partial charge in [-0.1, -0.05) is 0 Å². The van der Waals surface area contributed by atoms with Gasteiger partial charge in [-0.25, -0.2) is 22.0 Å². The van der Waals surface area contributed by atoms with Gasteiger partial charge in [0.1, 0.15) is 11.6 Å². The van der Waals surface area contributed by atoms with Gasteiger partial charge in [0, 0.05) is 0 Å². The lowest BCUT2D eigenvalue weighted by Gasteiger charge is -2.06. The van der Waals surface area contributed by atoms with Crippen molar-refractivity contribution in [3.05, 3.63) is 29.1 Å². The van der Waals surface area contributed by atoms with Crippen LogP contribution in [0.1, 0.15) is 0 Å². The summed E-state index contributed by atoms with van der Waals surface area (Å²) in [5.74, 6) is -9.13. The van der Waals surface area contributed by atoms with Crippen molar-refractivity contribution in [3.63, 3.8) is 0 Å². The number of hydrogen-bond acceptors (Lipinski definition) is 0. The maximum atomic E-state index is 12.5. The zero-order chi connectivity index (χ0) is 9.46. The van der Waals surface area contributed by atoms with Crippen molar-refractivity contribution in [1.82, 2.24) is 0 Å². The molecule has 0 aliphatic carbocycles. The van der Waals surface area contributed by atoms with Crippen molar-refractivity contribution in [3.8, 4) is 0 Å². The van der Waals surface area contributed by atoms with E-state index in [2.05, 4.69) is 0 Å². The van der Waals surface area contributed by atoms with Crippen LogP contribution in [-0.4, -0.2) is 7.85 Å². The predicted molar refractivity (Wildman–Crippen MR) is 35.8 cm³/mol. The van der Waals surface area contributed by atoms with E-state index in [9.17, 15) is 22.0 Å². The molecule has 66 valence electrons. The molecule has 0 aliphatic heterocycles. The van der Waals surface area contributed by atoms with Crippen LogP contribution in [0.4, 0.5) is 22.0 Å². The summed E-state index contributed by atoms with van der Waals surface area (Å²) in [4.78, 5) is 0. The van der Waals surface area contributed by atoms with Crippen LogP contribution < -0.4 is 5.46 Å². The zero-order valence-electron chi connectivity index (χ0n) is 4.89. The Kier molecular flexibility index (Phi) is 2.08. The SMILES string of the molecule is [BH3-]c1c(F)c(F)c(F)c(F)c1F.